The Labute approximate surface area is 242 Å². The van der Waals surface area contributed by atoms with Crippen LogP contribution in [0.15, 0.2) is 61.2 Å². The largest absolute Gasteiger partial charge is 0.463 e. The lowest BCUT2D eigenvalue weighted by atomic mass is 9.82. The lowest BCUT2D eigenvalue weighted by molar-refractivity contribution is 0.0663. The number of rotatable bonds is 7. The van der Waals surface area contributed by atoms with Gasteiger partial charge in [-0.25, -0.2) is 9.37 Å². The van der Waals surface area contributed by atoms with Gasteiger partial charge in [-0.1, -0.05) is 41.9 Å². The molecule has 0 aliphatic carbocycles. The van der Waals surface area contributed by atoms with Gasteiger partial charge in [0, 0.05) is 65.4 Å². The molecule has 9 nitrogen and oxygen atoms in total. The van der Waals surface area contributed by atoms with Crippen LogP contribution in [0.2, 0.25) is 5.02 Å². The van der Waals surface area contributed by atoms with Crippen molar-refractivity contribution in [3.63, 3.8) is 0 Å². The highest BCUT2D eigenvalue weighted by Gasteiger charge is 2.51. The topological polar surface area (TPSA) is 110 Å². The number of alkyl halides is 2. The molecule has 0 saturated carbocycles. The van der Waals surface area contributed by atoms with Crippen LogP contribution in [0.3, 0.4) is 0 Å². The number of benzene rings is 2. The maximum atomic E-state index is 15.0. The van der Waals surface area contributed by atoms with E-state index < -0.39 is 24.5 Å². The zero-order valence-corrected chi connectivity index (χ0v) is 22.7. The van der Waals surface area contributed by atoms with Gasteiger partial charge < -0.3 is 20.5 Å². The van der Waals surface area contributed by atoms with Crippen LogP contribution in [0.4, 0.5) is 13.2 Å². The minimum atomic E-state index is -2.73. The second-order valence-corrected chi connectivity index (χ2v) is 10.8. The summed E-state index contributed by atoms with van der Waals surface area (Å²) in [6, 6.07) is 10.4. The summed E-state index contributed by atoms with van der Waals surface area (Å²) in [6.45, 7) is -2.36. The summed E-state index contributed by atoms with van der Waals surface area (Å²) < 4.78 is 48.0. The molecule has 5 atom stereocenters. The van der Waals surface area contributed by atoms with Crippen LogP contribution < -0.4 is 15.4 Å². The SMILES string of the molecule is OC1C2CNC(c3nc(OCCc4nccn4C(F)F)nc4c(F)cncc34)C(N2)C1c1cccc2cccc(Cl)c12. The van der Waals surface area contributed by atoms with Gasteiger partial charge in [0.25, 0.3) is 0 Å². The van der Waals surface area contributed by atoms with Gasteiger partial charge in [-0.2, -0.15) is 18.7 Å². The molecule has 42 heavy (non-hydrogen) atoms. The highest BCUT2D eigenvalue weighted by atomic mass is 35.5. The van der Waals surface area contributed by atoms with Gasteiger partial charge in [0.05, 0.1) is 30.6 Å². The van der Waals surface area contributed by atoms with Gasteiger partial charge in [-0.3, -0.25) is 9.55 Å². The molecule has 2 saturated heterocycles. The Bertz CT molecular complexity index is 1780. The van der Waals surface area contributed by atoms with Gasteiger partial charge in [0.15, 0.2) is 5.82 Å². The minimum absolute atomic E-state index is 0.0197. The molecule has 2 aliphatic heterocycles. The summed E-state index contributed by atoms with van der Waals surface area (Å²) in [5, 5.41) is 21.3. The number of nitrogens with zero attached hydrogens (tertiary/aromatic N) is 5. The molecule has 3 aromatic heterocycles. The van der Waals surface area contributed by atoms with E-state index in [1.54, 1.807) is 0 Å². The number of aromatic nitrogens is 5. The molecule has 5 aromatic rings. The Morgan fingerprint density at radius 1 is 1.14 bits per heavy atom. The maximum Gasteiger partial charge on any atom is 0.319 e. The van der Waals surface area contributed by atoms with Crippen molar-refractivity contribution >= 4 is 33.3 Å². The van der Waals surface area contributed by atoms with Crippen LogP contribution in [-0.2, 0) is 6.42 Å². The Kier molecular flexibility index (Phi) is 6.93. The number of aliphatic hydroxyl groups excluding tert-OH is 1. The Hall–Kier alpha value is -3.84. The fourth-order valence-corrected chi connectivity index (χ4v) is 6.58. The zero-order valence-electron chi connectivity index (χ0n) is 22.0. The number of nitrogens with one attached hydrogen (secondary N) is 2. The third-order valence-corrected chi connectivity index (χ3v) is 8.43. The summed E-state index contributed by atoms with van der Waals surface area (Å²) in [6.07, 6.45) is 4.38. The van der Waals surface area contributed by atoms with Crippen molar-refractivity contribution in [1.29, 1.82) is 0 Å². The highest BCUT2D eigenvalue weighted by molar-refractivity contribution is 6.35. The predicted molar refractivity (Wildman–Crippen MR) is 149 cm³/mol. The normalized spacial score (nSPS) is 23.7. The second-order valence-electron chi connectivity index (χ2n) is 10.4. The summed E-state index contributed by atoms with van der Waals surface area (Å²) in [7, 11) is 0. The average Bonchev–Trinajstić information content (AvgIpc) is 3.55. The number of pyridine rings is 1. The molecular formula is C29H25ClF3N7O2. The fourth-order valence-electron chi connectivity index (χ4n) is 6.28. The molecule has 2 fully saturated rings. The third kappa shape index (κ3) is 4.55. The van der Waals surface area contributed by atoms with Gasteiger partial charge in [-0.15, -0.1) is 0 Å². The van der Waals surface area contributed by atoms with Gasteiger partial charge >= 0.3 is 12.6 Å². The lowest BCUT2D eigenvalue weighted by Crippen LogP contribution is -2.52. The predicted octanol–water partition coefficient (Wildman–Crippen LogP) is 4.31. The number of ether oxygens (including phenoxy) is 1. The van der Waals surface area contributed by atoms with Crippen LogP contribution in [0.5, 0.6) is 6.01 Å². The molecule has 3 N–H and O–H groups in total. The Balaban J connectivity index is 1.27. The van der Waals surface area contributed by atoms with Crippen molar-refractivity contribution in [2.24, 2.45) is 0 Å². The van der Waals surface area contributed by atoms with Crippen LogP contribution in [0.25, 0.3) is 21.7 Å². The van der Waals surface area contributed by atoms with Crippen molar-refractivity contribution < 1.29 is 23.0 Å². The van der Waals surface area contributed by atoms with E-state index in [0.29, 0.717) is 22.6 Å². The molecule has 0 spiro atoms. The van der Waals surface area contributed by atoms with Crippen LogP contribution >= 0.6 is 11.6 Å². The van der Waals surface area contributed by atoms with Crippen molar-refractivity contribution in [2.75, 3.05) is 13.2 Å². The van der Waals surface area contributed by atoms with Crippen LogP contribution in [0.1, 0.15) is 35.6 Å². The number of hydrogen-bond donors (Lipinski definition) is 3. The third-order valence-electron chi connectivity index (χ3n) is 8.12. The Morgan fingerprint density at radius 3 is 2.81 bits per heavy atom. The number of imidazole rings is 1. The summed E-state index contributed by atoms with van der Waals surface area (Å²) in [4.78, 5) is 16.9. The Morgan fingerprint density at radius 2 is 1.98 bits per heavy atom. The first kappa shape index (κ1) is 27.0. The van der Waals surface area contributed by atoms with E-state index in [9.17, 15) is 13.9 Å². The molecular weight excluding hydrogens is 571 g/mol. The second kappa shape index (κ2) is 10.8. The van der Waals surface area contributed by atoms with Crippen LogP contribution in [-0.4, -0.2) is 60.9 Å². The monoisotopic (exact) mass is 595 g/mol. The molecule has 2 aliphatic rings. The zero-order chi connectivity index (χ0) is 29.0. The first-order valence-corrected chi connectivity index (χ1v) is 13.9. The molecule has 2 aromatic carbocycles. The molecule has 13 heteroatoms. The van der Waals surface area contributed by atoms with Gasteiger partial charge in [-0.05, 0) is 17.0 Å². The van der Waals surface area contributed by atoms with E-state index in [1.807, 2.05) is 36.4 Å². The van der Waals surface area contributed by atoms with E-state index >= 15 is 4.39 Å². The van der Waals surface area contributed by atoms with Crippen LogP contribution in [0, 0.1) is 5.82 Å². The van der Waals surface area contributed by atoms with Crippen molar-refractivity contribution in [1.82, 2.24) is 35.1 Å². The summed E-state index contributed by atoms with van der Waals surface area (Å²) >= 11 is 6.66. The molecule has 0 radical (unpaired) electrons. The smallest absolute Gasteiger partial charge is 0.319 e. The number of hydrogen-bond acceptors (Lipinski definition) is 8. The number of piperazine rings is 1. The number of fused-ring (bicyclic) bond motifs is 4. The number of halogens is 4. The van der Waals surface area contributed by atoms with Crippen molar-refractivity contribution in [3.05, 3.63) is 89.1 Å². The standard InChI is InChI=1S/C29H25ClF3N7O2/c30-17-6-2-4-14-3-1-5-15(21(14)17)22-25-26(36-13-19(37-25)27(22)41)24-16-11-34-12-18(31)23(16)38-29(39-24)42-10-7-20-35-8-9-40(20)28(32)33/h1-6,8-9,11-12,19,22,25-28,36-37,41H,7,10,13H2. The summed E-state index contributed by atoms with van der Waals surface area (Å²) in [5.41, 5.74) is 1.36. The molecule has 2 bridgehead atoms. The quantitative estimate of drug-likeness (QED) is 0.255. The first-order valence-electron chi connectivity index (χ1n) is 13.5. The first-order chi connectivity index (χ1) is 20.4. The maximum absolute atomic E-state index is 15.0. The van der Waals surface area contributed by atoms with E-state index in [1.165, 1.54) is 18.6 Å². The molecule has 0 amide bonds. The van der Waals surface area contributed by atoms with E-state index in [0.717, 1.165) is 27.1 Å². The highest BCUT2D eigenvalue weighted by Crippen LogP contribution is 2.44. The molecule has 5 heterocycles. The molecule has 216 valence electrons. The summed E-state index contributed by atoms with van der Waals surface area (Å²) in [5.74, 6) is -0.885. The van der Waals surface area contributed by atoms with Crippen molar-refractivity contribution in [2.45, 2.75) is 43.1 Å². The van der Waals surface area contributed by atoms with E-state index in [4.69, 9.17) is 16.3 Å². The molecule has 7 rings (SSSR count). The fraction of sp³-hybridized carbons (Fsp3) is 0.310. The van der Waals surface area contributed by atoms with Gasteiger partial charge in [0.1, 0.15) is 11.3 Å². The number of aliphatic hydroxyl groups is 1. The van der Waals surface area contributed by atoms with E-state index in [2.05, 4.69) is 30.6 Å². The lowest BCUT2D eigenvalue weighted by Gasteiger charge is -2.33. The van der Waals surface area contributed by atoms with E-state index in [-0.39, 0.29) is 48.4 Å². The van der Waals surface area contributed by atoms with Gasteiger partial charge in [0.2, 0.25) is 0 Å². The average molecular weight is 596 g/mol. The van der Waals surface area contributed by atoms with Crippen molar-refractivity contribution in [3.8, 4) is 6.01 Å². The molecule has 5 unspecified atom stereocenters. The minimum Gasteiger partial charge on any atom is -0.463 e.